The third-order valence-electron chi connectivity index (χ3n) is 5.57. The first-order valence-corrected chi connectivity index (χ1v) is 12.6. The second-order valence-corrected chi connectivity index (χ2v) is 9.53. The normalized spacial score (nSPS) is 14.2. The Bertz CT molecular complexity index is 1250. The first-order chi connectivity index (χ1) is 17.7. The van der Waals surface area contributed by atoms with Gasteiger partial charge >= 0.3 is 18.1 Å². The number of carboxylic acid groups (broad SMARTS) is 2. The van der Waals surface area contributed by atoms with Crippen molar-refractivity contribution in [2.45, 2.75) is 18.0 Å². The molecule has 0 unspecified atom stereocenters. The largest absolute Gasteiger partial charge is 0.497 e. The lowest BCUT2D eigenvalue weighted by atomic mass is 10.1. The lowest BCUT2D eigenvalue weighted by molar-refractivity contribution is -0.192. The van der Waals surface area contributed by atoms with E-state index in [0.717, 1.165) is 38.4 Å². The number of nitrogens with zero attached hydrogens (tertiary/aromatic N) is 2. The van der Waals surface area contributed by atoms with Crippen molar-refractivity contribution in [2.75, 3.05) is 56.6 Å². The lowest BCUT2D eigenvalue weighted by Crippen LogP contribution is -2.46. The number of anilines is 2. The van der Waals surface area contributed by atoms with Crippen LogP contribution in [0.2, 0.25) is 0 Å². The molecule has 2 aromatic carbocycles. The topological polar surface area (TPSA) is 146 Å². The molecule has 0 aliphatic carbocycles. The monoisotopic (exact) mass is 563 g/mol. The van der Waals surface area contributed by atoms with Gasteiger partial charge in [0.1, 0.15) is 16.4 Å². The summed E-state index contributed by atoms with van der Waals surface area (Å²) >= 11 is 0. The van der Waals surface area contributed by atoms with Crippen LogP contribution in [0, 0.1) is 0 Å². The maximum atomic E-state index is 13.0. The Balaban J connectivity index is 0.000000638. The number of halogens is 3. The highest BCUT2D eigenvalue weighted by molar-refractivity contribution is 7.92. The zero-order chi connectivity index (χ0) is 28.7. The van der Waals surface area contributed by atoms with Crippen LogP contribution >= 0.6 is 0 Å². The molecule has 0 radical (unpaired) electrons. The van der Waals surface area contributed by atoms with Crippen molar-refractivity contribution in [3.8, 4) is 11.5 Å². The Morgan fingerprint density at radius 1 is 1.00 bits per heavy atom. The maximum absolute atomic E-state index is 13.0. The van der Waals surface area contributed by atoms with E-state index in [9.17, 15) is 31.5 Å². The smallest absolute Gasteiger partial charge is 0.490 e. The molecule has 0 aromatic heterocycles. The Morgan fingerprint density at radius 2 is 1.61 bits per heavy atom. The minimum absolute atomic E-state index is 0.0201. The van der Waals surface area contributed by atoms with Crippen molar-refractivity contribution < 1.29 is 50.9 Å². The van der Waals surface area contributed by atoms with Crippen molar-refractivity contribution in [3.63, 3.8) is 0 Å². The first-order valence-electron chi connectivity index (χ1n) is 11.1. The molecule has 210 valence electrons. The fraction of sp³-hybridized carbons (Fsp3) is 0.391. The van der Waals surface area contributed by atoms with Gasteiger partial charge in [0.2, 0.25) is 0 Å². The highest BCUT2D eigenvalue weighted by Crippen LogP contribution is 2.32. The standard InChI is InChI=1S/C21H27N3O6S.C2HF3O2/c1-4-23-9-11-24(12-10-23)15-5-7-18(17(13-15)21(25)26)22-31(27,28)20-14-16(29-2)6-8-19(20)30-3;3-2(4,5)1(6)7/h5-8,13-14,22H,4,9-12H2,1-3H3,(H,25,26);(H,6,7). The van der Waals surface area contributed by atoms with Crippen LogP contribution in [0.4, 0.5) is 24.5 Å². The van der Waals surface area contributed by atoms with Crippen LogP contribution < -0.4 is 19.1 Å². The van der Waals surface area contributed by atoms with E-state index in [4.69, 9.17) is 19.4 Å². The summed E-state index contributed by atoms with van der Waals surface area (Å²) < 4.78 is 70.4. The van der Waals surface area contributed by atoms with Crippen molar-refractivity contribution in [2.24, 2.45) is 0 Å². The van der Waals surface area contributed by atoms with Gasteiger partial charge in [-0.3, -0.25) is 4.72 Å². The molecule has 15 heteroatoms. The molecule has 0 spiro atoms. The fourth-order valence-electron chi connectivity index (χ4n) is 3.51. The minimum Gasteiger partial charge on any atom is -0.497 e. The third-order valence-corrected chi connectivity index (χ3v) is 6.95. The number of rotatable bonds is 8. The van der Waals surface area contributed by atoms with Gasteiger partial charge in [-0.2, -0.15) is 13.2 Å². The van der Waals surface area contributed by atoms with Crippen LogP contribution in [0.1, 0.15) is 17.3 Å². The van der Waals surface area contributed by atoms with E-state index in [1.165, 1.54) is 38.5 Å². The summed E-state index contributed by atoms with van der Waals surface area (Å²) in [5, 5.41) is 16.8. The molecule has 1 heterocycles. The number of benzene rings is 2. The number of nitrogens with one attached hydrogen (secondary N) is 1. The SMILES string of the molecule is CCN1CCN(c2ccc(NS(=O)(=O)c3cc(OC)ccc3OC)c(C(=O)O)c2)CC1.O=C(O)C(F)(F)F. The van der Waals surface area contributed by atoms with Crippen molar-refractivity contribution >= 4 is 33.3 Å². The van der Waals surface area contributed by atoms with Gasteiger partial charge in [-0.15, -0.1) is 0 Å². The number of hydrogen-bond acceptors (Lipinski definition) is 8. The van der Waals surface area contributed by atoms with E-state index in [1.807, 2.05) is 0 Å². The molecule has 2 aromatic rings. The summed E-state index contributed by atoms with van der Waals surface area (Å²) in [5.41, 5.74) is 0.601. The molecular formula is C23H28F3N3O8S. The number of hydrogen-bond donors (Lipinski definition) is 3. The number of ether oxygens (including phenoxy) is 2. The van der Waals surface area contributed by atoms with Crippen LogP contribution in [0.5, 0.6) is 11.5 Å². The molecule has 0 saturated carbocycles. The van der Waals surface area contributed by atoms with Crippen LogP contribution in [-0.4, -0.2) is 88.6 Å². The Kier molecular flexibility index (Phi) is 10.2. The summed E-state index contributed by atoms with van der Waals surface area (Å²) in [7, 11) is -1.35. The van der Waals surface area contributed by atoms with Gasteiger partial charge in [-0.1, -0.05) is 6.92 Å². The van der Waals surface area contributed by atoms with Gasteiger partial charge in [0.25, 0.3) is 10.0 Å². The van der Waals surface area contributed by atoms with E-state index < -0.39 is 28.1 Å². The Labute approximate surface area is 217 Å². The molecule has 11 nitrogen and oxygen atoms in total. The van der Waals surface area contributed by atoms with Gasteiger partial charge < -0.3 is 29.5 Å². The van der Waals surface area contributed by atoms with Crippen LogP contribution in [-0.2, 0) is 14.8 Å². The number of methoxy groups -OCH3 is 2. The summed E-state index contributed by atoms with van der Waals surface area (Å²) in [6.45, 7) is 6.42. The molecule has 1 saturated heterocycles. The second-order valence-electron chi connectivity index (χ2n) is 7.88. The summed E-state index contributed by atoms with van der Waals surface area (Å²) in [6.07, 6.45) is -5.08. The predicted octanol–water partition coefficient (Wildman–Crippen LogP) is 2.98. The van der Waals surface area contributed by atoms with E-state index >= 15 is 0 Å². The average Bonchev–Trinajstić information content (AvgIpc) is 2.88. The molecule has 1 fully saturated rings. The van der Waals surface area contributed by atoms with Gasteiger partial charge in [0.15, 0.2) is 0 Å². The minimum atomic E-state index is -5.08. The van der Waals surface area contributed by atoms with Crippen molar-refractivity contribution in [1.82, 2.24) is 4.90 Å². The number of likely N-dealkylation sites (N-methyl/N-ethyl adjacent to an activating group) is 1. The lowest BCUT2D eigenvalue weighted by Gasteiger charge is -2.35. The summed E-state index contributed by atoms with van der Waals surface area (Å²) in [5.74, 6) is -3.52. The van der Waals surface area contributed by atoms with E-state index in [0.29, 0.717) is 5.75 Å². The van der Waals surface area contributed by atoms with Gasteiger partial charge in [-0.05, 0) is 36.9 Å². The molecule has 1 aliphatic heterocycles. The number of aliphatic carboxylic acids is 1. The van der Waals surface area contributed by atoms with Gasteiger partial charge in [-0.25, -0.2) is 18.0 Å². The van der Waals surface area contributed by atoms with E-state index in [-0.39, 0.29) is 21.9 Å². The summed E-state index contributed by atoms with van der Waals surface area (Å²) in [4.78, 5) is 25.1. The number of sulfonamides is 1. The zero-order valence-electron chi connectivity index (χ0n) is 20.8. The van der Waals surface area contributed by atoms with Crippen molar-refractivity contribution in [1.29, 1.82) is 0 Å². The Hall–Kier alpha value is -3.72. The zero-order valence-corrected chi connectivity index (χ0v) is 21.6. The molecule has 38 heavy (non-hydrogen) atoms. The summed E-state index contributed by atoms with van der Waals surface area (Å²) in [6, 6.07) is 9.09. The third kappa shape index (κ3) is 7.89. The van der Waals surface area contributed by atoms with Crippen molar-refractivity contribution in [3.05, 3.63) is 42.0 Å². The average molecular weight is 564 g/mol. The second kappa shape index (κ2) is 12.7. The quantitative estimate of drug-likeness (QED) is 0.438. The number of piperazine rings is 1. The maximum Gasteiger partial charge on any atom is 0.490 e. The number of aromatic carboxylic acids is 1. The highest BCUT2D eigenvalue weighted by Gasteiger charge is 2.38. The van der Waals surface area contributed by atoms with Gasteiger partial charge in [0, 0.05) is 37.9 Å². The molecule has 3 rings (SSSR count). The number of carbonyl (C=O) groups is 2. The van der Waals surface area contributed by atoms with E-state index in [2.05, 4.69) is 21.4 Å². The van der Waals surface area contributed by atoms with E-state index in [1.54, 1.807) is 12.1 Å². The number of carboxylic acids is 2. The highest BCUT2D eigenvalue weighted by atomic mass is 32.2. The molecule has 0 bridgehead atoms. The number of alkyl halides is 3. The molecule has 0 atom stereocenters. The molecular weight excluding hydrogens is 535 g/mol. The molecule has 1 aliphatic rings. The van der Waals surface area contributed by atoms with Crippen LogP contribution in [0.25, 0.3) is 0 Å². The molecule has 3 N–H and O–H groups in total. The predicted molar refractivity (Wildman–Crippen MR) is 132 cm³/mol. The van der Waals surface area contributed by atoms with Crippen LogP contribution in [0.15, 0.2) is 41.3 Å². The fourth-order valence-corrected chi connectivity index (χ4v) is 4.78. The Morgan fingerprint density at radius 3 is 2.08 bits per heavy atom. The first kappa shape index (κ1) is 30.5. The van der Waals surface area contributed by atoms with Gasteiger partial charge in [0.05, 0.1) is 25.5 Å². The molecule has 0 amide bonds. The van der Waals surface area contributed by atoms with Crippen LogP contribution in [0.3, 0.4) is 0 Å².